The van der Waals surface area contributed by atoms with Crippen LogP contribution in [0.3, 0.4) is 0 Å². The average Bonchev–Trinajstić information content (AvgIpc) is 3.06. The highest BCUT2D eigenvalue weighted by atomic mass is 16.8. The van der Waals surface area contributed by atoms with Crippen LogP contribution in [0, 0.1) is 0 Å². The molecule has 1 N–H and O–H groups in total. The molecule has 1 amide bonds. The summed E-state index contributed by atoms with van der Waals surface area (Å²) in [5, 5.41) is 3.35. The Kier molecular flexibility index (Phi) is 22.5. The quantitative estimate of drug-likeness (QED) is 0.0948. The number of nitrogens with one attached hydrogen (secondary N) is 1. The summed E-state index contributed by atoms with van der Waals surface area (Å²) in [4.78, 5) is 58.7. The molecule has 0 aliphatic heterocycles. The molecule has 2 aromatic rings. The number of hydrogen-bond donors (Lipinski definition) is 1. The molecule has 0 aliphatic carbocycles. The van der Waals surface area contributed by atoms with Crippen LogP contribution in [-0.4, -0.2) is 79.4 Å². The molecular weight excluding hydrogens is 696 g/mol. The van der Waals surface area contributed by atoms with E-state index in [1.807, 2.05) is 45.0 Å². The normalized spacial score (nSPS) is 11.0. The molecule has 0 atom stereocenters. The van der Waals surface area contributed by atoms with Gasteiger partial charge in [0.1, 0.15) is 16.8 Å². The zero-order valence-electron chi connectivity index (χ0n) is 34.7. The van der Waals surface area contributed by atoms with Crippen LogP contribution in [0.4, 0.5) is 14.4 Å². The topological polar surface area (TPSA) is 156 Å². The van der Waals surface area contributed by atoms with Crippen LogP contribution >= 0.6 is 0 Å². The van der Waals surface area contributed by atoms with Crippen LogP contribution in [0.25, 0.3) is 0 Å². The van der Waals surface area contributed by atoms with Crippen LogP contribution in [0.1, 0.15) is 134 Å². The van der Waals surface area contributed by atoms with Crippen molar-refractivity contribution >= 4 is 30.3 Å². The number of ether oxygens (including phenoxy) is 6. The van der Waals surface area contributed by atoms with Crippen molar-refractivity contribution < 1.29 is 52.4 Å². The largest absolute Gasteiger partial charge is 0.519 e. The Hall–Kier alpha value is -4.65. The molecule has 13 heteroatoms. The van der Waals surface area contributed by atoms with Crippen molar-refractivity contribution in [3.63, 3.8) is 0 Å². The van der Waals surface area contributed by atoms with Crippen molar-refractivity contribution in [3.05, 3.63) is 70.8 Å². The van der Waals surface area contributed by atoms with Crippen molar-refractivity contribution in [1.29, 1.82) is 0 Å². The lowest BCUT2D eigenvalue weighted by Crippen LogP contribution is -2.37. The summed E-state index contributed by atoms with van der Waals surface area (Å²) in [6.45, 7) is 22.8. The second kappa shape index (κ2) is 24.6. The molecule has 0 saturated carbocycles. The van der Waals surface area contributed by atoms with Crippen molar-refractivity contribution in [2.45, 2.75) is 132 Å². The third-order valence-corrected chi connectivity index (χ3v) is 6.54. The van der Waals surface area contributed by atoms with Gasteiger partial charge in [0, 0.05) is 19.6 Å². The maximum absolute atomic E-state index is 12.3. The Balaban J connectivity index is 0.000000807. The number of carbonyl (C=O) groups is 5. The minimum absolute atomic E-state index is 0.287. The van der Waals surface area contributed by atoms with Gasteiger partial charge in [-0.15, -0.1) is 0 Å². The summed E-state index contributed by atoms with van der Waals surface area (Å²) in [5.74, 6) is -0.656. The van der Waals surface area contributed by atoms with Crippen molar-refractivity contribution in [3.8, 4) is 0 Å². The molecule has 54 heavy (non-hydrogen) atoms. The van der Waals surface area contributed by atoms with Gasteiger partial charge in [-0.1, -0.05) is 51.0 Å². The van der Waals surface area contributed by atoms with E-state index in [9.17, 15) is 24.0 Å². The highest BCUT2D eigenvalue weighted by molar-refractivity contribution is 5.89. The maximum Gasteiger partial charge on any atom is 0.519 e. The minimum atomic E-state index is -1.06. The second-order valence-electron chi connectivity index (χ2n) is 15.2. The monoisotopic (exact) mass is 760 g/mol. The fourth-order valence-corrected chi connectivity index (χ4v) is 4.02. The fraction of sp³-hybridized carbons (Fsp3) is 0.585. The summed E-state index contributed by atoms with van der Waals surface area (Å²) in [7, 11) is 2.74. The van der Waals surface area contributed by atoms with Gasteiger partial charge in [0.15, 0.2) is 0 Å². The first-order valence-corrected chi connectivity index (χ1v) is 18.2. The number of methoxy groups -OCH3 is 2. The van der Waals surface area contributed by atoms with E-state index < -0.39 is 29.1 Å². The average molecular weight is 761 g/mol. The lowest BCUT2D eigenvalue weighted by Gasteiger charge is -2.27. The lowest BCUT2D eigenvalue weighted by molar-refractivity contribution is -0.0294. The number of esters is 2. The second-order valence-corrected chi connectivity index (χ2v) is 15.2. The van der Waals surface area contributed by atoms with Crippen LogP contribution in [0.2, 0.25) is 0 Å². The molecular formula is C41H64N2O11. The highest BCUT2D eigenvalue weighted by Crippen LogP contribution is 2.15. The molecule has 2 aromatic carbocycles. The molecule has 0 unspecified atom stereocenters. The smallest absolute Gasteiger partial charge is 0.465 e. The van der Waals surface area contributed by atoms with Crippen LogP contribution in [-0.2, 0) is 41.5 Å². The number of carbonyl (C=O) groups excluding carboxylic acids is 5. The molecule has 0 fully saturated rings. The molecule has 0 saturated heterocycles. The van der Waals surface area contributed by atoms with E-state index in [1.165, 1.54) is 32.6 Å². The van der Waals surface area contributed by atoms with Gasteiger partial charge in [-0.25, -0.2) is 24.0 Å². The number of benzene rings is 2. The Morgan fingerprint density at radius 3 is 1.37 bits per heavy atom. The van der Waals surface area contributed by atoms with Gasteiger partial charge >= 0.3 is 30.3 Å². The molecule has 0 aliphatic rings. The fourth-order valence-electron chi connectivity index (χ4n) is 4.02. The Labute approximate surface area is 322 Å². The van der Waals surface area contributed by atoms with Gasteiger partial charge in [-0.2, -0.15) is 0 Å². The molecule has 0 heterocycles. The van der Waals surface area contributed by atoms with Gasteiger partial charge in [0.05, 0.1) is 25.3 Å². The van der Waals surface area contributed by atoms with Crippen LogP contribution in [0.15, 0.2) is 48.5 Å². The van der Waals surface area contributed by atoms with E-state index in [0.29, 0.717) is 24.2 Å². The van der Waals surface area contributed by atoms with E-state index in [2.05, 4.69) is 33.4 Å². The lowest BCUT2D eigenvalue weighted by atomic mass is 10.1. The number of hydrogen-bond acceptors (Lipinski definition) is 12. The Morgan fingerprint density at radius 1 is 0.593 bits per heavy atom. The first kappa shape index (κ1) is 49.4. The van der Waals surface area contributed by atoms with E-state index in [0.717, 1.165) is 31.5 Å². The highest BCUT2D eigenvalue weighted by Gasteiger charge is 2.25. The minimum Gasteiger partial charge on any atom is -0.465 e. The van der Waals surface area contributed by atoms with Crippen molar-refractivity contribution in [2.75, 3.05) is 27.3 Å². The summed E-state index contributed by atoms with van der Waals surface area (Å²) in [5.41, 5.74) is 1.31. The molecule has 304 valence electrons. The van der Waals surface area contributed by atoms with Gasteiger partial charge in [0.25, 0.3) is 0 Å². The Morgan fingerprint density at radius 2 is 1.00 bits per heavy atom. The van der Waals surface area contributed by atoms with E-state index in [4.69, 9.17) is 14.2 Å². The molecule has 0 bridgehead atoms. The number of unbranched alkanes of at least 4 members (excludes halogenated alkanes) is 2. The van der Waals surface area contributed by atoms with Gasteiger partial charge < -0.3 is 38.6 Å². The number of rotatable bonds is 12. The first-order chi connectivity index (χ1) is 25.0. The summed E-state index contributed by atoms with van der Waals surface area (Å²) >= 11 is 0. The molecule has 0 aromatic heterocycles. The van der Waals surface area contributed by atoms with Crippen molar-refractivity contribution in [2.24, 2.45) is 0 Å². The van der Waals surface area contributed by atoms with Crippen LogP contribution < -0.4 is 5.32 Å². The third kappa shape index (κ3) is 24.6. The SMILES string of the molecule is CC(C)(C)OC(=O)OC(=O)OC(C)(C)C.CCCCN(Cc1ccc(C(=O)OC)cc1)C(=O)OC(C)(C)C.CCCCNCc1ccc(C(=O)OC)cc1. The van der Waals surface area contributed by atoms with E-state index in [-0.39, 0.29) is 18.0 Å². The van der Waals surface area contributed by atoms with E-state index in [1.54, 1.807) is 70.7 Å². The van der Waals surface area contributed by atoms with Gasteiger partial charge in [-0.3, -0.25) is 0 Å². The van der Waals surface area contributed by atoms with Gasteiger partial charge in [0.2, 0.25) is 0 Å². The van der Waals surface area contributed by atoms with Crippen molar-refractivity contribution in [1.82, 2.24) is 10.2 Å². The summed E-state index contributed by atoms with van der Waals surface area (Å²) in [6.07, 6.45) is 1.88. The van der Waals surface area contributed by atoms with Gasteiger partial charge in [-0.05, 0) is 117 Å². The third-order valence-electron chi connectivity index (χ3n) is 6.54. The zero-order chi connectivity index (χ0) is 41.5. The standard InChI is InChI=1S/C18H27NO4.C13H19NO2.C10H18O5/c1-6-7-12-19(17(21)23-18(2,3)4)13-14-8-10-15(11-9-14)16(20)22-5;1-3-4-9-14-10-11-5-7-12(8-6-11)13(15)16-2;1-9(2,3)14-7(11)13-8(12)15-10(4,5)6/h8-11H,6-7,12-13H2,1-5H3;5-8,14H,3-4,9-10H2,1-2H3;1-6H3. The predicted octanol–water partition coefficient (Wildman–Crippen LogP) is 9.25. The van der Waals surface area contributed by atoms with Crippen LogP contribution in [0.5, 0.6) is 0 Å². The molecule has 0 radical (unpaired) electrons. The maximum atomic E-state index is 12.3. The zero-order valence-corrected chi connectivity index (χ0v) is 34.7. The summed E-state index contributed by atoms with van der Waals surface area (Å²) in [6, 6.07) is 14.6. The predicted molar refractivity (Wildman–Crippen MR) is 207 cm³/mol. The number of nitrogens with zero attached hydrogens (tertiary/aromatic N) is 1. The molecule has 13 nitrogen and oxygen atoms in total. The first-order valence-electron chi connectivity index (χ1n) is 18.2. The van der Waals surface area contributed by atoms with E-state index >= 15 is 0 Å². The number of amides is 1. The molecule has 2 rings (SSSR count). The Bertz CT molecular complexity index is 1390. The molecule has 0 spiro atoms. The summed E-state index contributed by atoms with van der Waals surface area (Å²) < 4.78 is 28.6.